The van der Waals surface area contributed by atoms with E-state index < -0.39 is 5.97 Å². The van der Waals surface area contributed by atoms with Gasteiger partial charge in [-0.1, -0.05) is 42.0 Å². The number of aromatic hydroxyl groups is 1. The summed E-state index contributed by atoms with van der Waals surface area (Å²) in [7, 11) is 1.32. The summed E-state index contributed by atoms with van der Waals surface area (Å²) in [5.74, 6) is -0.698. The molecule has 0 spiro atoms. The van der Waals surface area contributed by atoms with Gasteiger partial charge in [-0.15, -0.1) is 0 Å². The number of nitrogens with zero attached hydrogens (tertiary/aromatic N) is 1. The SMILES string of the molecule is COC(=O)c1c(C=C2C(=O)C=Cc3ccccc32)c(O)n(CCC2=CCCCC2)c1C. The lowest BCUT2D eigenvalue weighted by molar-refractivity contribution is -0.109. The van der Waals surface area contributed by atoms with E-state index in [0.717, 1.165) is 30.4 Å². The zero-order valence-corrected chi connectivity index (χ0v) is 18.0. The van der Waals surface area contributed by atoms with Crippen LogP contribution in [0.2, 0.25) is 0 Å². The van der Waals surface area contributed by atoms with Gasteiger partial charge in [-0.3, -0.25) is 4.79 Å². The second-order valence-corrected chi connectivity index (χ2v) is 8.04. The van der Waals surface area contributed by atoms with Gasteiger partial charge in [0.2, 0.25) is 0 Å². The predicted molar refractivity (Wildman–Crippen MR) is 122 cm³/mol. The van der Waals surface area contributed by atoms with Crippen LogP contribution >= 0.6 is 0 Å². The number of fused-ring (bicyclic) bond motifs is 1. The predicted octanol–water partition coefficient (Wildman–Crippen LogP) is 5.32. The van der Waals surface area contributed by atoms with E-state index in [1.54, 1.807) is 23.6 Å². The number of ketones is 1. The molecular formula is C26H27NO4. The molecule has 0 fully saturated rings. The maximum Gasteiger partial charge on any atom is 0.340 e. The molecule has 160 valence electrons. The number of hydrogen-bond acceptors (Lipinski definition) is 4. The Bertz CT molecular complexity index is 1130. The summed E-state index contributed by atoms with van der Waals surface area (Å²) in [6.07, 6.45) is 12.6. The van der Waals surface area contributed by atoms with Gasteiger partial charge >= 0.3 is 5.97 Å². The summed E-state index contributed by atoms with van der Waals surface area (Å²) in [5.41, 5.74) is 4.81. The summed E-state index contributed by atoms with van der Waals surface area (Å²) in [4.78, 5) is 25.3. The Hall–Kier alpha value is -3.34. The van der Waals surface area contributed by atoms with Crippen LogP contribution in [0.15, 0.2) is 42.0 Å². The number of aromatic nitrogens is 1. The normalized spacial score (nSPS) is 16.9. The number of carbonyl (C=O) groups is 2. The molecule has 1 aromatic heterocycles. The Morgan fingerprint density at radius 1 is 1.23 bits per heavy atom. The minimum atomic E-state index is -0.526. The van der Waals surface area contributed by atoms with Gasteiger partial charge in [-0.25, -0.2) is 4.79 Å². The van der Waals surface area contributed by atoms with Gasteiger partial charge in [-0.2, -0.15) is 0 Å². The number of rotatable bonds is 5. The maximum absolute atomic E-state index is 12.7. The number of methoxy groups -OCH3 is 1. The van der Waals surface area contributed by atoms with Crippen molar-refractivity contribution >= 4 is 29.5 Å². The number of hydrogen-bond donors (Lipinski definition) is 1. The smallest absolute Gasteiger partial charge is 0.340 e. The lowest BCUT2D eigenvalue weighted by atomic mass is 9.90. The van der Waals surface area contributed by atoms with E-state index in [9.17, 15) is 14.7 Å². The third-order valence-electron chi connectivity index (χ3n) is 6.18. The molecule has 0 aliphatic heterocycles. The van der Waals surface area contributed by atoms with Crippen molar-refractivity contribution in [1.29, 1.82) is 0 Å². The van der Waals surface area contributed by atoms with Crippen molar-refractivity contribution in [3.8, 4) is 5.88 Å². The van der Waals surface area contributed by atoms with Gasteiger partial charge in [0, 0.05) is 17.8 Å². The zero-order valence-electron chi connectivity index (χ0n) is 18.0. The molecule has 2 aliphatic rings. The van der Waals surface area contributed by atoms with Crippen LogP contribution in [-0.4, -0.2) is 28.5 Å². The average Bonchev–Trinajstić information content (AvgIpc) is 3.03. The van der Waals surface area contributed by atoms with Gasteiger partial charge in [0.15, 0.2) is 11.7 Å². The highest BCUT2D eigenvalue weighted by molar-refractivity contribution is 6.33. The zero-order chi connectivity index (χ0) is 22.0. The molecule has 2 aliphatic carbocycles. The van der Waals surface area contributed by atoms with Crippen molar-refractivity contribution in [1.82, 2.24) is 4.57 Å². The summed E-state index contributed by atoms with van der Waals surface area (Å²) >= 11 is 0. The lowest BCUT2D eigenvalue weighted by Crippen LogP contribution is -2.07. The third-order valence-corrected chi connectivity index (χ3v) is 6.18. The Labute approximate surface area is 182 Å². The standard InChI is InChI=1S/C26H27NO4/c1-17-24(26(30)31-2)22(25(29)27(17)15-14-18-8-4-3-5-9-18)16-21-20-11-7-6-10-19(20)12-13-23(21)28/h6-8,10-13,16,29H,3-5,9,14-15H2,1-2H3. The molecule has 2 aromatic rings. The van der Waals surface area contributed by atoms with Crippen molar-refractivity contribution in [2.45, 2.75) is 45.6 Å². The van der Waals surface area contributed by atoms with E-state index in [0.29, 0.717) is 28.9 Å². The summed E-state index contributed by atoms with van der Waals surface area (Å²) in [6.45, 7) is 2.38. The van der Waals surface area contributed by atoms with Crippen LogP contribution in [0.4, 0.5) is 0 Å². The molecular weight excluding hydrogens is 390 g/mol. The fourth-order valence-corrected chi connectivity index (χ4v) is 4.47. The maximum atomic E-state index is 12.7. The molecule has 0 amide bonds. The molecule has 0 bridgehead atoms. The highest BCUT2D eigenvalue weighted by Gasteiger charge is 2.27. The van der Waals surface area contributed by atoms with Crippen molar-refractivity contribution in [3.63, 3.8) is 0 Å². The molecule has 0 radical (unpaired) electrons. The molecule has 0 saturated carbocycles. The Morgan fingerprint density at radius 2 is 2.03 bits per heavy atom. The average molecular weight is 418 g/mol. The number of carbonyl (C=O) groups excluding carboxylic acids is 2. The van der Waals surface area contributed by atoms with Crippen LogP contribution in [-0.2, 0) is 16.1 Å². The van der Waals surface area contributed by atoms with Crippen LogP contribution in [0.3, 0.4) is 0 Å². The van der Waals surface area contributed by atoms with Crippen LogP contribution in [0.1, 0.15) is 64.8 Å². The van der Waals surface area contributed by atoms with E-state index in [1.165, 1.54) is 31.6 Å². The van der Waals surface area contributed by atoms with E-state index in [-0.39, 0.29) is 11.7 Å². The van der Waals surface area contributed by atoms with E-state index in [1.807, 2.05) is 24.3 Å². The van der Waals surface area contributed by atoms with Crippen LogP contribution in [0, 0.1) is 6.92 Å². The molecule has 31 heavy (non-hydrogen) atoms. The van der Waals surface area contributed by atoms with E-state index in [4.69, 9.17) is 4.74 Å². The first-order chi connectivity index (χ1) is 15.0. The molecule has 1 N–H and O–H groups in total. The fraction of sp³-hybridized carbons (Fsp3) is 0.308. The fourth-order valence-electron chi connectivity index (χ4n) is 4.47. The minimum absolute atomic E-state index is 0.0124. The van der Waals surface area contributed by atoms with Crippen LogP contribution < -0.4 is 0 Å². The molecule has 1 aromatic carbocycles. The topological polar surface area (TPSA) is 68.5 Å². The Morgan fingerprint density at radius 3 is 2.77 bits per heavy atom. The monoisotopic (exact) mass is 417 g/mol. The molecule has 0 saturated heterocycles. The van der Waals surface area contributed by atoms with Crippen LogP contribution in [0.25, 0.3) is 17.7 Å². The number of esters is 1. The third kappa shape index (κ3) is 4.00. The number of benzene rings is 1. The lowest BCUT2D eigenvalue weighted by Gasteiger charge is -2.14. The number of ether oxygens (including phenoxy) is 1. The second kappa shape index (κ2) is 8.80. The van der Waals surface area contributed by atoms with Gasteiger partial charge < -0.3 is 14.4 Å². The van der Waals surface area contributed by atoms with Gasteiger partial charge in [0.1, 0.15) is 0 Å². The first-order valence-electron chi connectivity index (χ1n) is 10.7. The van der Waals surface area contributed by atoms with Crippen LogP contribution in [0.5, 0.6) is 5.88 Å². The van der Waals surface area contributed by atoms with Crippen molar-refractivity contribution in [2.75, 3.05) is 7.11 Å². The summed E-state index contributed by atoms with van der Waals surface area (Å²) in [5, 5.41) is 11.1. The first kappa shape index (κ1) is 20.9. The van der Waals surface area contributed by atoms with E-state index >= 15 is 0 Å². The molecule has 5 nitrogen and oxygen atoms in total. The highest BCUT2D eigenvalue weighted by atomic mass is 16.5. The van der Waals surface area contributed by atoms with Crippen molar-refractivity contribution < 1.29 is 19.4 Å². The second-order valence-electron chi connectivity index (χ2n) is 8.04. The Kier molecular flexibility index (Phi) is 5.94. The summed E-state index contributed by atoms with van der Waals surface area (Å²) < 4.78 is 6.76. The highest BCUT2D eigenvalue weighted by Crippen LogP contribution is 2.36. The van der Waals surface area contributed by atoms with Crippen molar-refractivity contribution in [3.05, 3.63) is 69.9 Å². The molecule has 0 atom stereocenters. The first-order valence-corrected chi connectivity index (χ1v) is 10.7. The van der Waals surface area contributed by atoms with Gasteiger partial charge in [-0.05, 0) is 62.3 Å². The number of allylic oxidation sites excluding steroid dienone is 4. The summed E-state index contributed by atoms with van der Waals surface area (Å²) in [6, 6.07) is 7.58. The quantitative estimate of drug-likeness (QED) is 0.406. The van der Waals surface area contributed by atoms with E-state index in [2.05, 4.69) is 6.08 Å². The molecule has 1 heterocycles. The molecule has 4 rings (SSSR count). The minimum Gasteiger partial charge on any atom is -0.494 e. The van der Waals surface area contributed by atoms with Crippen molar-refractivity contribution in [2.24, 2.45) is 0 Å². The van der Waals surface area contributed by atoms with Gasteiger partial charge in [0.25, 0.3) is 0 Å². The largest absolute Gasteiger partial charge is 0.494 e. The molecule has 0 unspecified atom stereocenters. The van der Waals surface area contributed by atoms with Gasteiger partial charge in [0.05, 0.1) is 18.2 Å². The molecule has 5 heteroatoms. The Balaban J connectivity index is 1.79.